The third kappa shape index (κ3) is 5.56. The van der Waals surface area contributed by atoms with E-state index in [0.717, 1.165) is 42.8 Å². The number of aromatic nitrogens is 3. The van der Waals surface area contributed by atoms with Crippen molar-refractivity contribution in [3.63, 3.8) is 0 Å². The van der Waals surface area contributed by atoms with Gasteiger partial charge in [0.05, 0.1) is 5.69 Å². The Kier molecular flexibility index (Phi) is 8.03. The molecule has 0 aliphatic rings. The van der Waals surface area contributed by atoms with Crippen LogP contribution in [0, 0.1) is 11.6 Å². The fourth-order valence-electron chi connectivity index (χ4n) is 4.26. The molecule has 37 heavy (non-hydrogen) atoms. The van der Waals surface area contributed by atoms with Crippen LogP contribution in [-0.2, 0) is 0 Å². The second-order valence-electron chi connectivity index (χ2n) is 8.65. The summed E-state index contributed by atoms with van der Waals surface area (Å²) in [6, 6.07) is 13.1. The van der Waals surface area contributed by atoms with Gasteiger partial charge in [0.2, 0.25) is 5.95 Å². The fourth-order valence-corrected chi connectivity index (χ4v) is 4.26. The molecule has 0 bridgehead atoms. The monoisotopic (exact) mass is 505 g/mol. The highest BCUT2D eigenvalue weighted by Gasteiger charge is 2.20. The summed E-state index contributed by atoms with van der Waals surface area (Å²) in [4.78, 5) is 36.5. The third-order valence-corrected chi connectivity index (χ3v) is 6.28. The molecule has 2 aromatic carbocycles. The van der Waals surface area contributed by atoms with Gasteiger partial charge in [0, 0.05) is 29.1 Å². The molecule has 0 spiro atoms. The summed E-state index contributed by atoms with van der Waals surface area (Å²) in [6.45, 7) is 9.00. The zero-order valence-corrected chi connectivity index (χ0v) is 21.1. The molecule has 0 aliphatic carbocycles. The van der Waals surface area contributed by atoms with Gasteiger partial charge in [-0.2, -0.15) is 4.98 Å². The van der Waals surface area contributed by atoms with E-state index in [4.69, 9.17) is 0 Å². The number of nitrogens with one attached hydrogen (secondary N) is 1. The van der Waals surface area contributed by atoms with Gasteiger partial charge in [-0.05, 0) is 57.2 Å². The molecule has 0 unspecified atom stereocenters. The van der Waals surface area contributed by atoms with Crippen LogP contribution >= 0.6 is 0 Å². The van der Waals surface area contributed by atoms with Crippen LogP contribution < -0.4 is 10.9 Å². The number of hydrogen-bond donors (Lipinski definition) is 1. The predicted molar refractivity (Wildman–Crippen MR) is 141 cm³/mol. The van der Waals surface area contributed by atoms with Crippen molar-refractivity contribution in [3.8, 4) is 16.9 Å². The molecule has 9 heteroatoms. The lowest BCUT2D eigenvalue weighted by molar-refractivity contribution is 0.101. The number of halogens is 2. The van der Waals surface area contributed by atoms with Crippen LogP contribution in [0.5, 0.6) is 0 Å². The number of para-hydroxylation sites is 1. The van der Waals surface area contributed by atoms with Gasteiger partial charge in [0.15, 0.2) is 11.4 Å². The van der Waals surface area contributed by atoms with Crippen LogP contribution in [0.25, 0.3) is 28.0 Å². The molecule has 0 aliphatic heterocycles. The predicted octanol–water partition coefficient (Wildman–Crippen LogP) is 5.07. The van der Waals surface area contributed by atoms with Crippen molar-refractivity contribution >= 4 is 22.8 Å². The van der Waals surface area contributed by atoms with Gasteiger partial charge in [0.25, 0.3) is 5.56 Å². The number of nitrogens with zero attached hydrogens (tertiary/aromatic N) is 4. The molecule has 4 rings (SSSR count). The minimum Gasteiger partial charge on any atom is -0.354 e. The number of Topliss-reactive ketones (excluding diaryl/α,β-unsaturated/α-hetero) is 1. The number of rotatable bonds is 10. The number of fused-ring (bicyclic) bond motifs is 1. The van der Waals surface area contributed by atoms with Crippen molar-refractivity contribution in [2.45, 2.75) is 27.2 Å². The van der Waals surface area contributed by atoms with E-state index < -0.39 is 22.9 Å². The topological polar surface area (TPSA) is 80.1 Å². The van der Waals surface area contributed by atoms with Crippen molar-refractivity contribution < 1.29 is 13.6 Å². The Bertz CT molecular complexity index is 1480. The highest BCUT2D eigenvalue weighted by Crippen LogP contribution is 2.29. The van der Waals surface area contributed by atoms with Crippen LogP contribution in [0.4, 0.5) is 14.7 Å². The van der Waals surface area contributed by atoms with Gasteiger partial charge in [-0.25, -0.2) is 13.8 Å². The summed E-state index contributed by atoms with van der Waals surface area (Å²) in [5.74, 6) is -1.67. The lowest BCUT2D eigenvalue weighted by Gasteiger charge is -2.18. The Labute approximate surface area is 213 Å². The minimum absolute atomic E-state index is 0.0565. The highest BCUT2D eigenvalue weighted by molar-refractivity contribution is 5.97. The molecule has 1 N–H and O–H groups in total. The van der Waals surface area contributed by atoms with E-state index in [0.29, 0.717) is 28.8 Å². The maximum Gasteiger partial charge on any atom is 0.256 e. The van der Waals surface area contributed by atoms with Crippen molar-refractivity contribution in [2.75, 3.05) is 31.5 Å². The smallest absolute Gasteiger partial charge is 0.256 e. The normalized spacial score (nSPS) is 11.3. The van der Waals surface area contributed by atoms with E-state index in [-0.39, 0.29) is 17.4 Å². The molecule has 2 heterocycles. The van der Waals surface area contributed by atoms with Gasteiger partial charge < -0.3 is 10.2 Å². The average Bonchev–Trinajstić information content (AvgIpc) is 2.89. The summed E-state index contributed by atoms with van der Waals surface area (Å²) >= 11 is 0. The highest BCUT2D eigenvalue weighted by atomic mass is 19.1. The van der Waals surface area contributed by atoms with Crippen LogP contribution in [-0.4, -0.2) is 51.4 Å². The van der Waals surface area contributed by atoms with Gasteiger partial charge >= 0.3 is 0 Å². The van der Waals surface area contributed by atoms with Gasteiger partial charge in [-0.1, -0.05) is 38.1 Å². The number of benzene rings is 2. The maximum atomic E-state index is 14.8. The van der Waals surface area contributed by atoms with Gasteiger partial charge in [-0.15, -0.1) is 0 Å². The zero-order chi connectivity index (χ0) is 26.5. The summed E-state index contributed by atoms with van der Waals surface area (Å²) in [5.41, 5.74) is 0.460. The molecule has 0 fully saturated rings. The molecule has 2 aromatic heterocycles. The van der Waals surface area contributed by atoms with E-state index in [1.165, 1.54) is 25.1 Å². The standard InChI is InChI=1S/C28H29F2N5O2/c1-4-34(5-2)16-8-15-31-28-32-25(20-10-6-9-19(17-20)18(3)36)21-13-14-24(37)35(27(21)33-28)26-22(29)11-7-12-23(26)30/h6-7,9-14,17H,4-5,8,15-16H2,1-3H3,(H,31,32,33). The number of pyridine rings is 1. The van der Waals surface area contributed by atoms with Crippen LogP contribution in [0.15, 0.2) is 59.4 Å². The Morgan fingerprint density at radius 1 is 1.00 bits per heavy atom. The van der Waals surface area contributed by atoms with Crippen molar-refractivity contribution in [2.24, 2.45) is 0 Å². The lowest BCUT2D eigenvalue weighted by atomic mass is 10.0. The molecule has 192 valence electrons. The van der Waals surface area contributed by atoms with E-state index >= 15 is 0 Å². The van der Waals surface area contributed by atoms with Crippen LogP contribution in [0.2, 0.25) is 0 Å². The number of ketones is 1. The molecule has 0 atom stereocenters. The Morgan fingerprint density at radius 3 is 2.38 bits per heavy atom. The molecule has 4 aromatic rings. The van der Waals surface area contributed by atoms with E-state index in [2.05, 4.69) is 34.0 Å². The zero-order valence-electron chi connectivity index (χ0n) is 21.1. The largest absolute Gasteiger partial charge is 0.354 e. The third-order valence-electron chi connectivity index (χ3n) is 6.28. The van der Waals surface area contributed by atoms with Crippen molar-refractivity contribution in [1.82, 2.24) is 19.4 Å². The Balaban J connectivity index is 1.90. The number of anilines is 1. The lowest BCUT2D eigenvalue weighted by Crippen LogP contribution is -2.25. The van der Waals surface area contributed by atoms with E-state index in [1.54, 1.807) is 24.3 Å². The SMILES string of the molecule is CCN(CC)CCCNc1nc(-c2cccc(C(C)=O)c2)c2ccc(=O)n(-c3c(F)cccc3F)c2n1. The number of carbonyl (C=O) groups excluding carboxylic acids is 1. The summed E-state index contributed by atoms with van der Waals surface area (Å²) < 4.78 is 30.5. The van der Waals surface area contributed by atoms with Crippen molar-refractivity contribution in [1.29, 1.82) is 0 Å². The average molecular weight is 506 g/mol. The molecular formula is C28H29F2N5O2. The quantitative estimate of drug-likeness (QED) is 0.239. The first-order valence-electron chi connectivity index (χ1n) is 12.3. The molecule has 7 nitrogen and oxygen atoms in total. The van der Waals surface area contributed by atoms with Crippen LogP contribution in [0.3, 0.4) is 0 Å². The molecule has 0 amide bonds. The maximum absolute atomic E-state index is 14.8. The first kappa shape index (κ1) is 26.1. The molecule has 0 radical (unpaired) electrons. The fraction of sp³-hybridized carbons (Fsp3) is 0.286. The van der Waals surface area contributed by atoms with Gasteiger partial charge in [0.1, 0.15) is 17.3 Å². The first-order valence-corrected chi connectivity index (χ1v) is 12.3. The number of carbonyl (C=O) groups is 1. The number of hydrogen-bond acceptors (Lipinski definition) is 6. The summed E-state index contributed by atoms with van der Waals surface area (Å²) in [7, 11) is 0. The van der Waals surface area contributed by atoms with E-state index in [1.807, 2.05) is 0 Å². The van der Waals surface area contributed by atoms with Gasteiger partial charge in [-0.3, -0.25) is 14.2 Å². The second-order valence-corrected chi connectivity index (χ2v) is 8.65. The minimum atomic E-state index is -0.887. The van der Waals surface area contributed by atoms with E-state index in [9.17, 15) is 18.4 Å². The van der Waals surface area contributed by atoms with Crippen molar-refractivity contribution in [3.05, 3.63) is 82.1 Å². The Hall–Kier alpha value is -3.98. The molecule has 0 saturated carbocycles. The molecular weight excluding hydrogens is 476 g/mol. The van der Waals surface area contributed by atoms with Crippen LogP contribution in [0.1, 0.15) is 37.6 Å². The first-order chi connectivity index (χ1) is 17.8. The second kappa shape index (κ2) is 11.4. The molecule has 0 saturated heterocycles. The summed E-state index contributed by atoms with van der Waals surface area (Å²) in [6.07, 6.45) is 0.821. The summed E-state index contributed by atoms with van der Waals surface area (Å²) in [5, 5.41) is 3.61. The Morgan fingerprint density at radius 2 is 1.70 bits per heavy atom.